The molecule has 1 aliphatic heterocycles. The fourth-order valence-corrected chi connectivity index (χ4v) is 5.71. The second-order valence-corrected chi connectivity index (χ2v) is 8.82. The van der Waals surface area contributed by atoms with Crippen LogP contribution in [0.3, 0.4) is 0 Å². The molecule has 110 valence electrons. The van der Waals surface area contributed by atoms with Crippen molar-refractivity contribution in [2.45, 2.75) is 68.0 Å². The van der Waals surface area contributed by atoms with E-state index in [1.807, 2.05) is 0 Å². The third-order valence-electron chi connectivity index (χ3n) is 3.35. The van der Waals surface area contributed by atoms with Crippen molar-refractivity contribution in [1.82, 2.24) is 0 Å². The molecule has 0 unspecified atom stereocenters. The lowest BCUT2D eigenvalue weighted by Crippen LogP contribution is -2.59. The van der Waals surface area contributed by atoms with Crippen LogP contribution in [0, 0.1) is 0 Å². The van der Waals surface area contributed by atoms with Crippen molar-refractivity contribution in [3.63, 3.8) is 0 Å². The highest BCUT2D eigenvalue weighted by molar-refractivity contribution is 8.18. The molecule has 6 heteroatoms. The first-order chi connectivity index (χ1) is 8.31. The standard InChI is InChI=1S/C12H26O5S/c1-6(2)18(7(3)4)12-11(16)10(15)9(14)8(5-13)17-12/h6-16,18H,5H2,1-4H3/t8-,9+,10+,11-,12+/m1/s1. The van der Waals surface area contributed by atoms with Crippen LogP contribution in [-0.4, -0.2) is 67.4 Å². The molecule has 1 aliphatic rings. The van der Waals surface area contributed by atoms with Gasteiger partial charge in [0.05, 0.1) is 6.61 Å². The van der Waals surface area contributed by atoms with E-state index in [1.165, 1.54) is 0 Å². The summed E-state index contributed by atoms with van der Waals surface area (Å²) in [6.07, 6.45) is -4.42. The Kier molecular flexibility index (Phi) is 5.89. The molecular weight excluding hydrogens is 256 g/mol. The molecule has 0 aromatic rings. The van der Waals surface area contributed by atoms with Crippen LogP contribution in [0.1, 0.15) is 27.7 Å². The number of thiol groups is 1. The van der Waals surface area contributed by atoms with E-state index in [0.717, 1.165) is 0 Å². The molecule has 0 saturated carbocycles. The van der Waals surface area contributed by atoms with Crippen molar-refractivity contribution in [2.24, 2.45) is 0 Å². The lowest BCUT2D eigenvalue weighted by Gasteiger charge is -2.47. The van der Waals surface area contributed by atoms with Crippen molar-refractivity contribution in [3.05, 3.63) is 0 Å². The van der Waals surface area contributed by atoms with Crippen LogP contribution in [0.2, 0.25) is 0 Å². The lowest BCUT2D eigenvalue weighted by atomic mass is 10.0. The molecule has 5 nitrogen and oxygen atoms in total. The average Bonchev–Trinajstić information content (AvgIpc) is 2.28. The Morgan fingerprint density at radius 1 is 0.944 bits per heavy atom. The Morgan fingerprint density at radius 3 is 1.83 bits per heavy atom. The second-order valence-electron chi connectivity index (χ2n) is 5.35. The normalized spacial score (nSPS) is 38.3. The van der Waals surface area contributed by atoms with Crippen LogP contribution in [0.5, 0.6) is 0 Å². The monoisotopic (exact) mass is 282 g/mol. The van der Waals surface area contributed by atoms with Gasteiger partial charge in [0.1, 0.15) is 29.9 Å². The zero-order valence-electron chi connectivity index (χ0n) is 11.4. The maximum absolute atomic E-state index is 10.1. The Morgan fingerprint density at radius 2 is 1.44 bits per heavy atom. The molecule has 1 saturated heterocycles. The zero-order chi connectivity index (χ0) is 14.0. The number of aliphatic hydroxyl groups excluding tert-OH is 4. The van der Waals surface area contributed by atoms with E-state index in [9.17, 15) is 20.4 Å². The quantitative estimate of drug-likeness (QED) is 0.453. The number of hydrogen-bond acceptors (Lipinski definition) is 5. The maximum atomic E-state index is 10.1. The summed E-state index contributed by atoms with van der Waals surface area (Å²) in [6, 6.07) is 0. The second kappa shape index (κ2) is 6.54. The van der Waals surface area contributed by atoms with Gasteiger partial charge in [-0.25, -0.2) is 10.9 Å². The molecule has 5 atom stereocenters. The first kappa shape index (κ1) is 16.2. The van der Waals surface area contributed by atoms with Crippen LogP contribution >= 0.6 is 10.9 Å². The fraction of sp³-hybridized carbons (Fsp3) is 1.00. The molecule has 0 aliphatic carbocycles. The van der Waals surface area contributed by atoms with Crippen LogP contribution < -0.4 is 0 Å². The first-order valence-electron chi connectivity index (χ1n) is 6.39. The smallest absolute Gasteiger partial charge is 0.116 e. The van der Waals surface area contributed by atoms with Crippen LogP contribution in [0.25, 0.3) is 0 Å². The number of aliphatic hydroxyl groups is 4. The van der Waals surface area contributed by atoms with Crippen molar-refractivity contribution >= 4 is 10.9 Å². The molecule has 4 N–H and O–H groups in total. The minimum absolute atomic E-state index is 0.335. The maximum Gasteiger partial charge on any atom is 0.116 e. The fourth-order valence-electron chi connectivity index (χ4n) is 2.51. The number of hydrogen-bond donors (Lipinski definition) is 5. The summed E-state index contributed by atoms with van der Waals surface area (Å²) in [4.78, 5) is 0. The van der Waals surface area contributed by atoms with Gasteiger partial charge in [-0.3, -0.25) is 0 Å². The first-order valence-corrected chi connectivity index (χ1v) is 7.94. The van der Waals surface area contributed by atoms with Crippen molar-refractivity contribution < 1.29 is 25.2 Å². The van der Waals surface area contributed by atoms with E-state index in [4.69, 9.17) is 4.74 Å². The molecule has 0 aromatic carbocycles. The Labute approximate surface area is 111 Å². The lowest BCUT2D eigenvalue weighted by molar-refractivity contribution is -0.206. The molecular formula is C12H26O5S. The molecule has 18 heavy (non-hydrogen) atoms. The molecule has 1 heterocycles. The van der Waals surface area contributed by atoms with Gasteiger partial charge in [0.15, 0.2) is 0 Å². The van der Waals surface area contributed by atoms with E-state index in [0.29, 0.717) is 10.5 Å². The summed E-state index contributed by atoms with van der Waals surface area (Å²) in [6.45, 7) is 7.89. The van der Waals surface area contributed by atoms with Crippen molar-refractivity contribution in [2.75, 3.05) is 6.61 Å². The highest BCUT2D eigenvalue weighted by atomic mass is 32.2. The van der Waals surface area contributed by atoms with Gasteiger partial charge in [-0.05, 0) is 10.5 Å². The van der Waals surface area contributed by atoms with Crippen LogP contribution in [0.4, 0.5) is 0 Å². The molecule has 0 bridgehead atoms. The van der Waals surface area contributed by atoms with E-state index in [1.54, 1.807) is 0 Å². The average molecular weight is 282 g/mol. The Bertz CT molecular complexity index is 251. The van der Waals surface area contributed by atoms with Gasteiger partial charge in [0.2, 0.25) is 0 Å². The van der Waals surface area contributed by atoms with Crippen molar-refractivity contribution in [1.29, 1.82) is 0 Å². The highest BCUT2D eigenvalue weighted by Gasteiger charge is 2.46. The van der Waals surface area contributed by atoms with Gasteiger partial charge in [-0.1, -0.05) is 27.7 Å². The SMILES string of the molecule is CC(C)[SH](C(C)C)[C@@H]1O[C@H](CO)[C@H](O)[C@H](O)[C@H]1O. The molecule has 0 amide bonds. The molecule has 0 radical (unpaired) electrons. The molecule has 1 fully saturated rings. The number of ether oxygens (including phenoxy) is 1. The van der Waals surface area contributed by atoms with Crippen molar-refractivity contribution in [3.8, 4) is 0 Å². The van der Waals surface area contributed by atoms with E-state index >= 15 is 0 Å². The third kappa shape index (κ3) is 3.18. The van der Waals surface area contributed by atoms with Gasteiger partial charge in [0.25, 0.3) is 0 Å². The molecule has 0 spiro atoms. The summed E-state index contributed by atoms with van der Waals surface area (Å²) in [7, 11) is -0.669. The summed E-state index contributed by atoms with van der Waals surface area (Å²) in [5, 5.41) is 39.5. The summed E-state index contributed by atoms with van der Waals surface area (Å²) < 4.78 is 5.63. The highest BCUT2D eigenvalue weighted by Crippen LogP contribution is 2.46. The van der Waals surface area contributed by atoms with E-state index < -0.39 is 40.7 Å². The van der Waals surface area contributed by atoms with Crippen LogP contribution in [0.15, 0.2) is 0 Å². The number of rotatable bonds is 4. The van der Waals surface area contributed by atoms with Gasteiger partial charge in [-0.2, -0.15) is 0 Å². The molecule has 1 rings (SSSR count). The Hall–Kier alpha value is 0.150. The van der Waals surface area contributed by atoms with Gasteiger partial charge in [-0.15, -0.1) is 0 Å². The van der Waals surface area contributed by atoms with Gasteiger partial charge < -0.3 is 25.2 Å². The van der Waals surface area contributed by atoms with E-state index in [-0.39, 0.29) is 6.61 Å². The topological polar surface area (TPSA) is 90.2 Å². The van der Waals surface area contributed by atoms with Gasteiger partial charge >= 0.3 is 0 Å². The largest absolute Gasteiger partial charge is 0.394 e. The third-order valence-corrected chi connectivity index (χ3v) is 6.75. The predicted octanol–water partition coefficient (Wildman–Crippen LogP) is -0.396. The minimum atomic E-state index is -1.26. The minimum Gasteiger partial charge on any atom is -0.394 e. The van der Waals surface area contributed by atoms with Gasteiger partial charge in [0, 0.05) is 0 Å². The summed E-state index contributed by atoms with van der Waals surface area (Å²) in [5.74, 6) is 0. The zero-order valence-corrected chi connectivity index (χ0v) is 12.3. The van der Waals surface area contributed by atoms with Crippen LogP contribution in [-0.2, 0) is 4.74 Å². The Balaban J connectivity index is 2.92. The predicted molar refractivity (Wildman–Crippen MR) is 73.0 cm³/mol. The summed E-state index contributed by atoms with van der Waals surface area (Å²) in [5.41, 5.74) is -0.504. The summed E-state index contributed by atoms with van der Waals surface area (Å²) >= 11 is 0. The molecule has 0 aromatic heterocycles. The van der Waals surface area contributed by atoms with E-state index in [2.05, 4.69) is 27.7 Å².